The predicted octanol–water partition coefficient (Wildman–Crippen LogP) is 10.4. The molecule has 0 N–H and O–H groups in total. The molecule has 0 bridgehead atoms. The molecule has 0 fully saturated rings. The van der Waals surface area contributed by atoms with Crippen molar-refractivity contribution in [1.29, 1.82) is 0 Å². The molecule has 1 radical (unpaired) electrons. The first-order valence-electron chi connectivity index (χ1n) is 17.9. The topological polar surface area (TPSA) is 56.7 Å². The van der Waals surface area contributed by atoms with E-state index in [2.05, 4.69) is 77.8 Å². The second-order valence-corrected chi connectivity index (χ2v) is 13.3. The number of aryl methyl sites for hydroxylation is 1. The van der Waals surface area contributed by atoms with Gasteiger partial charge in [-0.05, 0) is 74.9 Å². The van der Waals surface area contributed by atoms with Crippen LogP contribution in [0.25, 0.3) is 61.3 Å². The molecule has 0 unspecified atom stereocenters. The Morgan fingerprint density at radius 2 is 1.81 bits per heavy atom. The van der Waals surface area contributed by atoms with Crippen LogP contribution in [0.15, 0.2) is 95.6 Å². The summed E-state index contributed by atoms with van der Waals surface area (Å²) in [4.78, 5) is 13.5. The van der Waals surface area contributed by atoms with E-state index in [-0.39, 0.29) is 37.1 Å². The fourth-order valence-corrected chi connectivity index (χ4v) is 6.28. The minimum atomic E-state index is -2.32. The van der Waals surface area contributed by atoms with Crippen LogP contribution in [0.2, 0.25) is 0 Å². The van der Waals surface area contributed by atoms with E-state index in [1.165, 1.54) is 22.7 Å². The summed E-state index contributed by atoms with van der Waals surface area (Å²) < 4.78 is 48.1. The van der Waals surface area contributed by atoms with E-state index >= 15 is 0 Å². The molecule has 6 heteroatoms. The molecule has 1 aliphatic rings. The summed E-state index contributed by atoms with van der Waals surface area (Å²) in [6, 6.07) is 31.0. The van der Waals surface area contributed by atoms with Crippen LogP contribution in [-0.4, -0.2) is 19.5 Å². The number of nitrogens with zero attached hydrogens (tertiary/aromatic N) is 4. The number of para-hydroxylation sites is 1. The third-order valence-electron chi connectivity index (χ3n) is 8.03. The first kappa shape index (κ1) is 26.7. The van der Waals surface area contributed by atoms with Crippen molar-refractivity contribution in [2.75, 3.05) is 0 Å². The molecule has 3 aromatic carbocycles. The number of aromatic nitrogens is 4. The second kappa shape index (κ2) is 12.3. The average Bonchev–Trinajstić information content (AvgIpc) is 3.67. The molecule has 47 heavy (non-hydrogen) atoms. The Bertz CT molecular complexity index is 2470. The molecule has 0 atom stereocenters. The van der Waals surface area contributed by atoms with Crippen molar-refractivity contribution in [2.45, 2.75) is 60.3 Å². The predicted molar refractivity (Wildman–Crippen MR) is 188 cm³/mol. The molecule has 4 aromatic heterocycles. The number of imidazole rings is 1. The molecular formula is C41H38IrN4O-2. The Hall–Kier alpha value is -4.38. The van der Waals surface area contributed by atoms with Crippen molar-refractivity contribution in [3.05, 3.63) is 120 Å². The first-order chi connectivity index (χ1) is 24.0. The summed E-state index contributed by atoms with van der Waals surface area (Å²) in [6.45, 7) is 9.89. The summed E-state index contributed by atoms with van der Waals surface area (Å²) in [5.74, 6) is 0.992. The molecule has 0 spiro atoms. The fourth-order valence-electron chi connectivity index (χ4n) is 6.28. The van der Waals surface area contributed by atoms with Gasteiger partial charge in [0.25, 0.3) is 0 Å². The first-order valence-corrected chi connectivity index (χ1v) is 15.4. The maximum Gasteiger partial charge on any atom is 0.216 e. The number of furan rings is 1. The third-order valence-corrected chi connectivity index (χ3v) is 8.03. The maximum absolute atomic E-state index is 8.55. The van der Waals surface area contributed by atoms with E-state index in [9.17, 15) is 0 Å². The van der Waals surface area contributed by atoms with Gasteiger partial charge < -0.3 is 14.0 Å². The minimum absolute atomic E-state index is 0. The van der Waals surface area contributed by atoms with Crippen LogP contribution in [0.1, 0.15) is 65.2 Å². The number of allylic oxidation sites excluding steroid dienone is 2. The SMILES string of the molecule is CC1=CC(C)(C)n2c(-c3[c-]cccc3)nc3cccc1c32.[2H]C([2H])([2H])c1ccc2c(n1)oc1c(-c3cc(C([2H])([2H])C(C)(C)C)ccn3)[c-]ccc12.[Ir]. The van der Waals surface area contributed by atoms with Gasteiger partial charge >= 0.3 is 0 Å². The van der Waals surface area contributed by atoms with Gasteiger partial charge in [-0.2, -0.15) is 0 Å². The number of hydrogen-bond donors (Lipinski definition) is 0. The second-order valence-electron chi connectivity index (χ2n) is 13.3. The van der Waals surface area contributed by atoms with Crippen LogP contribution in [0.4, 0.5) is 0 Å². The Morgan fingerprint density at radius 3 is 2.57 bits per heavy atom. The molecule has 239 valence electrons. The standard InChI is InChI=1S/C22H21N2O.C19H17N2.Ir/c1-14-8-9-17-16-6-5-7-18(20(16)25-21(17)24-14)19-12-15(10-11-23-19)13-22(2,3)4;1-13-12-19(2,3)21-17-15(13)10-7-11-16(17)20-18(21)14-8-5-4-6-9-14;/h5-6,8-12H,13H2,1-4H3;4-8,10-12H,1-3H3;/q2*-1;/i1D3,13D2;;. The van der Waals surface area contributed by atoms with E-state index < -0.39 is 18.6 Å². The van der Waals surface area contributed by atoms with Gasteiger partial charge in [0.2, 0.25) is 5.71 Å². The van der Waals surface area contributed by atoms with Crippen LogP contribution in [0, 0.1) is 24.4 Å². The van der Waals surface area contributed by atoms with Crippen molar-refractivity contribution in [3.8, 4) is 22.6 Å². The fraction of sp³-hybridized carbons (Fsp3) is 0.244. The quantitative estimate of drug-likeness (QED) is 0.167. The minimum Gasteiger partial charge on any atom is -0.486 e. The molecule has 0 saturated carbocycles. The van der Waals surface area contributed by atoms with E-state index in [1.807, 2.05) is 45.0 Å². The maximum atomic E-state index is 8.55. The van der Waals surface area contributed by atoms with E-state index in [0.717, 1.165) is 22.3 Å². The zero-order valence-electron chi connectivity index (χ0n) is 32.2. The van der Waals surface area contributed by atoms with Gasteiger partial charge in [-0.3, -0.25) is 4.98 Å². The summed E-state index contributed by atoms with van der Waals surface area (Å²) >= 11 is 0. The van der Waals surface area contributed by atoms with Crippen molar-refractivity contribution in [2.24, 2.45) is 5.41 Å². The Morgan fingerprint density at radius 1 is 0.957 bits per heavy atom. The van der Waals surface area contributed by atoms with Gasteiger partial charge in [0.15, 0.2) is 0 Å². The molecule has 5 heterocycles. The molecule has 0 saturated heterocycles. The molecule has 8 rings (SSSR count). The molecule has 1 aliphatic heterocycles. The normalized spacial score (nSPS) is 15.8. The van der Waals surface area contributed by atoms with Gasteiger partial charge in [0.05, 0.1) is 28.0 Å². The van der Waals surface area contributed by atoms with Crippen molar-refractivity contribution < 1.29 is 31.4 Å². The van der Waals surface area contributed by atoms with Crippen LogP contribution < -0.4 is 0 Å². The Kier molecular flexibility index (Phi) is 7.00. The summed E-state index contributed by atoms with van der Waals surface area (Å²) in [5, 5.41) is 1.48. The van der Waals surface area contributed by atoms with Crippen LogP contribution in [0.5, 0.6) is 0 Å². The number of rotatable bonds is 3. The Labute approximate surface area is 297 Å². The van der Waals surface area contributed by atoms with E-state index in [4.69, 9.17) is 16.3 Å². The van der Waals surface area contributed by atoms with Gasteiger partial charge in [0, 0.05) is 49.8 Å². The van der Waals surface area contributed by atoms with Gasteiger partial charge in [-0.1, -0.05) is 61.6 Å². The third kappa shape index (κ3) is 6.20. The van der Waals surface area contributed by atoms with E-state index in [1.54, 1.807) is 30.5 Å². The molecule has 0 amide bonds. The zero-order valence-corrected chi connectivity index (χ0v) is 29.6. The largest absolute Gasteiger partial charge is 0.486 e. The van der Waals surface area contributed by atoms with Crippen molar-refractivity contribution in [1.82, 2.24) is 19.5 Å². The van der Waals surface area contributed by atoms with Crippen molar-refractivity contribution in [3.63, 3.8) is 0 Å². The summed E-state index contributed by atoms with van der Waals surface area (Å²) in [6.07, 6.45) is 2.33. The number of hydrogen-bond acceptors (Lipinski definition) is 4. The Balaban J connectivity index is 0.000000185. The van der Waals surface area contributed by atoms with Crippen LogP contribution >= 0.6 is 0 Å². The summed E-state index contributed by atoms with van der Waals surface area (Å²) in [7, 11) is 0. The number of fused-ring (bicyclic) bond motifs is 3. The number of pyridine rings is 2. The van der Waals surface area contributed by atoms with Gasteiger partial charge in [-0.25, -0.2) is 4.98 Å². The molecule has 7 aromatic rings. The van der Waals surface area contributed by atoms with Gasteiger partial charge in [0.1, 0.15) is 0 Å². The summed E-state index contributed by atoms with van der Waals surface area (Å²) in [5.41, 5.74) is 7.56. The average molecular weight is 800 g/mol. The zero-order chi connectivity index (χ0) is 36.5. The number of benzene rings is 3. The van der Waals surface area contributed by atoms with Crippen LogP contribution in [0.3, 0.4) is 0 Å². The van der Waals surface area contributed by atoms with Crippen LogP contribution in [-0.2, 0) is 32.0 Å². The van der Waals surface area contributed by atoms with E-state index in [0.29, 0.717) is 27.8 Å². The smallest absolute Gasteiger partial charge is 0.216 e. The van der Waals surface area contributed by atoms with Crippen molar-refractivity contribution >= 4 is 38.7 Å². The monoisotopic (exact) mass is 800 g/mol. The molecular weight excluding hydrogens is 757 g/mol. The molecule has 5 nitrogen and oxygen atoms in total. The molecule has 0 aliphatic carbocycles. The van der Waals surface area contributed by atoms with Gasteiger partial charge in [-0.15, -0.1) is 54.1 Å².